The number of nitrogens with one attached hydrogen (secondary N) is 1. The first kappa shape index (κ1) is 22.6. The van der Waals surface area contributed by atoms with Gasteiger partial charge in [-0.2, -0.15) is 10.6 Å². The Morgan fingerprint density at radius 2 is 2.00 bits per heavy atom. The van der Waals surface area contributed by atoms with Gasteiger partial charge < -0.3 is 11.2 Å². The molecule has 29 heavy (non-hydrogen) atoms. The smallest absolute Gasteiger partial charge is 0.252 e. The van der Waals surface area contributed by atoms with Crippen molar-refractivity contribution in [3.05, 3.63) is 59.9 Å². The highest BCUT2D eigenvalue weighted by molar-refractivity contribution is 8.13. The number of amides is 1. The zero-order chi connectivity index (χ0) is 21.2. The van der Waals surface area contributed by atoms with Gasteiger partial charge in [-0.15, -0.1) is 0 Å². The van der Waals surface area contributed by atoms with Crippen molar-refractivity contribution < 1.29 is 19.5 Å². The molecule has 156 valence electrons. The maximum atomic E-state index is 12.4. The second-order valence-corrected chi connectivity index (χ2v) is 7.29. The van der Waals surface area contributed by atoms with Gasteiger partial charge in [0.05, 0.1) is 12.7 Å². The zero-order valence-corrected chi connectivity index (χ0v) is 17.2. The van der Waals surface area contributed by atoms with Crippen molar-refractivity contribution in [3.63, 3.8) is 0 Å². The Bertz CT molecular complexity index is 831. The van der Waals surface area contributed by atoms with Gasteiger partial charge in [-0.1, -0.05) is 18.2 Å². The molecule has 1 fully saturated rings. The number of halogens is 1. The highest BCUT2D eigenvalue weighted by Crippen LogP contribution is 2.27. The van der Waals surface area contributed by atoms with Crippen LogP contribution in [0, 0.1) is 5.82 Å². The monoisotopic (exact) mass is 421 g/mol. The van der Waals surface area contributed by atoms with Gasteiger partial charge in [0, 0.05) is 30.1 Å². The summed E-state index contributed by atoms with van der Waals surface area (Å²) in [6, 6.07) is 13.7. The second kappa shape index (κ2) is 11.4. The number of nitrogens with two attached hydrogens (primary N) is 3. The molecule has 0 aliphatic heterocycles. The van der Waals surface area contributed by atoms with E-state index in [-0.39, 0.29) is 17.8 Å². The predicted molar refractivity (Wildman–Crippen MR) is 111 cm³/mol. The van der Waals surface area contributed by atoms with Gasteiger partial charge in [0.25, 0.3) is 5.91 Å². The molecule has 0 atom stereocenters. The normalized spacial score (nSPS) is 13.3. The fourth-order valence-electron chi connectivity index (χ4n) is 2.22. The summed E-state index contributed by atoms with van der Waals surface area (Å²) in [5, 5.41) is 8.32. The number of hydrogen-bond donors (Lipinski definition) is 4. The first-order valence-corrected chi connectivity index (χ1v) is 9.72. The molecule has 0 bridgehead atoms. The number of quaternary nitrogens is 1. The molecule has 8 nitrogen and oxygen atoms in total. The fraction of sp³-hybridized carbons (Fsp3) is 0.263. The van der Waals surface area contributed by atoms with Crippen LogP contribution in [0.2, 0.25) is 0 Å². The molecule has 0 unspecified atom stereocenters. The van der Waals surface area contributed by atoms with Crippen molar-refractivity contribution in [2.24, 2.45) is 16.8 Å². The van der Waals surface area contributed by atoms with Crippen molar-refractivity contribution in [1.82, 2.24) is 10.3 Å². The Kier molecular flexibility index (Phi) is 8.87. The lowest BCUT2D eigenvalue weighted by molar-refractivity contribution is -0.830. The second-order valence-electron chi connectivity index (χ2n) is 6.28. The quantitative estimate of drug-likeness (QED) is 0.144. The molecule has 3 rings (SSSR count). The van der Waals surface area contributed by atoms with Crippen LogP contribution in [0.25, 0.3) is 0 Å². The minimum atomic E-state index is -0.178. The highest BCUT2D eigenvalue weighted by atomic mass is 32.2. The molecule has 1 amide bonds. The van der Waals surface area contributed by atoms with Gasteiger partial charge in [0.1, 0.15) is 5.82 Å². The van der Waals surface area contributed by atoms with Crippen molar-refractivity contribution >= 4 is 28.5 Å². The summed E-state index contributed by atoms with van der Waals surface area (Å²) in [7, 11) is 3.20. The van der Waals surface area contributed by atoms with Crippen LogP contribution in [0.4, 0.5) is 10.1 Å². The van der Waals surface area contributed by atoms with E-state index < -0.39 is 0 Å². The lowest BCUT2D eigenvalue weighted by Crippen LogP contribution is -2.76. The molecular formula is C19H26FN6O2S+. The summed E-state index contributed by atoms with van der Waals surface area (Å²) < 4.78 is 11.9. The minimum absolute atomic E-state index is 0.118. The highest BCUT2D eigenvalue weighted by Gasteiger charge is 2.26. The first-order valence-electron chi connectivity index (χ1n) is 8.90. The SMILES string of the molecule is CO[NH2+]c1ccc(S/C(=N/N)N(C)N)c(C(=O)NC2CC2)c1.Fc1ccccc1. The molecule has 7 N–H and O–H groups in total. The molecule has 0 saturated heterocycles. The number of hydrazone groups is 1. The predicted octanol–water partition coefficient (Wildman–Crippen LogP) is 1.29. The van der Waals surface area contributed by atoms with Gasteiger partial charge in [-0.25, -0.2) is 15.1 Å². The van der Waals surface area contributed by atoms with Crippen molar-refractivity contribution in [2.45, 2.75) is 23.8 Å². The molecule has 0 spiro atoms. The number of rotatable bonds is 5. The van der Waals surface area contributed by atoms with Crippen LogP contribution in [-0.4, -0.2) is 36.3 Å². The molecule has 1 saturated carbocycles. The summed E-state index contributed by atoms with van der Waals surface area (Å²) in [6.45, 7) is 0. The Labute approximate surface area is 173 Å². The summed E-state index contributed by atoms with van der Waals surface area (Å²) >= 11 is 1.24. The van der Waals surface area contributed by atoms with Gasteiger partial charge in [0.2, 0.25) is 5.17 Å². The average molecular weight is 422 g/mol. The van der Waals surface area contributed by atoms with E-state index in [0.717, 1.165) is 23.4 Å². The van der Waals surface area contributed by atoms with Gasteiger partial charge in [-0.3, -0.25) is 9.80 Å². The zero-order valence-electron chi connectivity index (χ0n) is 16.3. The molecule has 10 heteroatoms. The number of hydrazine groups is 1. The van der Waals surface area contributed by atoms with Crippen molar-refractivity contribution in [1.29, 1.82) is 0 Å². The average Bonchev–Trinajstić information content (AvgIpc) is 3.52. The fourth-order valence-corrected chi connectivity index (χ4v) is 3.01. The summed E-state index contributed by atoms with van der Waals surface area (Å²) in [4.78, 5) is 18.1. The lowest BCUT2D eigenvalue weighted by Gasteiger charge is -2.15. The number of carbonyl (C=O) groups is 1. The standard InChI is InChI=1S/C13H20N6O2S.C6H5F/c1-19(15)13(17-14)22-11-6-5-9(18-21-2)7-10(11)12(20)16-8-3-4-8;7-6-4-2-1-3-5-6/h5-8,18H,3-4,14-15H2,1-2H3,(H,16,20);1-5H/p+1/b17-13+;. The molecular weight excluding hydrogens is 395 g/mol. The third-order valence-electron chi connectivity index (χ3n) is 3.76. The Morgan fingerprint density at radius 1 is 1.31 bits per heavy atom. The Hall–Kier alpha value is -2.66. The molecule has 0 radical (unpaired) electrons. The Morgan fingerprint density at radius 3 is 2.48 bits per heavy atom. The summed E-state index contributed by atoms with van der Waals surface area (Å²) in [6.07, 6.45) is 2.05. The van der Waals surface area contributed by atoms with Crippen LogP contribution in [-0.2, 0) is 4.84 Å². The molecule has 0 heterocycles. The van der Waals surface area contributed by atoms with E-state index in [2.05, 4.69) is 10.4 Å². The first-order chi connectivity index (χ1) is 13.9. The van der Waals surface area contributed by atoms with Crippen LogP contribution in [0.15, 0.2) is 58.5 Å². The van der Waals surface area contributed by atoms with Crippen LogP contribution < -0.4 is 22.5 Å². The maximum absolute atomic E-state index is 12.4. The minimum Gasteiger partial charge on any atom is -0.349 e. The third-order valence-corrected chi connectivity index (χ3v) is 4.91. The van der Waals surface area contributed by atoms with Gasteiger partial charge in [-0.05, 0) is 42.8 Å². The van der Waals surface area contributed by atoms with E-state index in [9.17, 15) is 9.18 Å². The molecule has 2 aromatic carbocycles. The third kappa shape index (κ3) is 7.70. The number of nitrogens with zero attached hydrogens (tertiary/aromatic N) is 2. The number of carbonyl (C=O) groups excluding carboxylic acids is 1. The number of hydrogen-bond acceptors (Lipinski definition) is 6. The molecule has 1 aliphatic rings. The van der Waals surface area contributed by atoms with Crippen LogP contribution >= 0.6 is 11.8 Å². The topological polar surface area (TPSA) is 123 Å². The van der Waals surface area contributed by atoms with Crippen LogP contribution in [0.3, 0.4) is 0 Å². The van der Waals surface area contributed by atoms with Crippen LogP contribution in [0.1, 0.15) is 23.2 Å². The van der Waals surface area contributed by atoms with Gasteiger partial charge in [0.15, 0.2) is 5.69 Å². The van der Waals surface area contributed by atoms with Crippen molar-refractivity contribution in [2.75, 3.05) is 14.2 Å². The summed E-state index contributed by atoms with van der Waals surface area (Å²) in [5.74, 6) is 10.7. The van der Waals surface area contributed by atoms with E-state index in [1.165, 1.54) is 28.9 Å². The molecule has 0 aromatic heterocycles. The number of thioether (sulfide) groups is 1. The number of benzene rings is 2. The van der Waals surface area contributed by atoms with Crippen molar-refractivity contribution in [3.8, 4) is 0 Å². The van der Waals surface area contributed by atoms with Gasteiger partial charge >= 0.3 is 0 Å². The summed E-state index contributed by atoms with van der Waals surface area (Å²) in [5.41, 5.74) is 2.93. The van der Waals surface area contributed by atoms with E-state index in [4.69, 9.17) is 16.5 Å². The van der Waals surface area contributed by atoms with E-state index in [0.29, 0.717) is 10.7 Å². The maximum Gasteiger partial charge on any atom is 0.252 e. The van der Waals surface area contributed by atoms with Crippen LogP contribution in [0.5, 0.6) is 0 Å². The largest absolute Gasteiger partial charge is 0.349 e. The van der Waals surface area contributed by atoms with E-state index in [1.807, 2.05) is 12.1 Å². The molecule has 2 aromatic rings. The molecule has 1 aliphatic carbocycles. The Balaban J connectivity index is 0.000000360. The van der Waals surface area contributed by atoms with E-state index in [1.54, 1.807) is 43.9 Å². The lowest BCUT2D eigenvalue weighted by atomic mass is 10.2. The van der Waals surface area contributed by atoms with E-state index >= 15 is 0 Å². The number of amidine groups is 1.